The fraction of sp³-hybridized carbons (Fsp3) is 1.00. The Labute approximate surface area is 100 Å². The van der Waals surface area contributed by atoms with Crippen molar-refractivity contribution in [3.8, 4) is 0 Å². The van der Waals surface area contributed by atoms with Crippen molar-refractivity contribution in [2.45, 2.75) is 82.8 Å². The molecule has 2 rings (SSSR count). The Morgan fingerprint density at radius 1 is 1.00 bits per heavy atom. The zero-order valence-electron chi connectivity index (χ0n) is 10.8. The molecule has 0 aromatic heterocycles. The van der Waals surface area contributed by atoms with Gasteiger partial charge >= 0.3 is 0 Å². The topological polar surface area (TPSA) is 38.0 Å². The van der Waals surface area contributed by atoms with Gasteiger partial charge in [-0.25, -0.2) is 0 Å². The van der Waals surface area contributed by atoms with Gasteiger partial charge in [-0.1, -0.05) is 26.2 Å². The molecule has 2 aliphatic carbocycles. The van der Waals surface area contributed by atoms with E-state index in [1.807, 2.05) is 0 Å². The number of hydrogen-bond acceptors (Lipinski definition) is 2. The van der Waals surface area contributed by atoms with Crippen LogP contribution in [0.2, 0.25) is 0 Å². The molecule has 0 saturated heterocycles. The predicted octanol–water partition coefficient (Wildman–Crippen LogP) is 2.81. The van der Waals surface area contributed by atoms with Gasteiger partial charge in [-0.05, 0) is 44.4 Å². The lowest BCUT2D eigenvalue weighted by Crippen LogP contribution is -2.46. The standard InChI is InChI=1S/C14H28N2/c1-2-11-5-3-4-6-14(11)16-13-9-7-12(15)8-10-13/h11-14,16H,2-10,15H2,1H3. The van der Waals surface area contributed by atoms with Crippen molar-refractivity contribution in [3.63, 3.8) is 0 Å². The minimum atomic E-state index is 0.478. The van der Waals surface area contributed by atoms with Gasteiger partial charge in [0, 0.05) is 18.1 Å². The Bertz CT molecular complexity index is 197. The molecule has 2 nitrogen and oxygen atoms in total. The second kappa shape index (κ2) is 6.02. The van der Waals surface area contributed by atoms with E-state index in [1.165, 1.54) is 57.8 Å². The van der Waals surface area contributed by atoms with Crippen molar-refractivity contribution in [2.75, 3.05) is 0 Å². The van der Waals surface area contributed by atoms with Crippen molar-refractivity contribution >= 4 is 0 Å². The minimum absolute atomic E-state index is 0.478. The van der Waals surface area contributed by atoms with Crippen LogP contribution in [0.3, 0.4) is 0 Å². The second-order valence-electron chi connectivity index (χ2n) is 5.84. The lowest BCUT2D eigenvalue weighted by atomic mass is 9.81. The number of nitrogens with two attached hydrogens (primary N) is 1. The monoisotopic (exact) mass is 224 g/mol. The summed E-state index contributed by atoms with van der Waals surface area (Å²) in [5.41, 5.74) is 5.96. The zero-order chi connectivity index (χ0) is 11.4. The van der Waals surface area contributed by atoms with Crippen LogP contribution in [0.15, 0.2) is 0 Å². The lowest BCUT2D eigenvalue weighted by Gasteiger charge is -2.37. The van der Waals surface area contributed by atoms with Gasteiger partial charge in [0.25, 0.3) is 0 Å². The third-order valence-corrected chi connectivity index (χ3v) is 4.66. The van der Waals surface area contributed by atoms with Gasteiger partial charge in [-0.3, -0.25) is 0 Å². The van der Waals surface area contributed by atoms with E-state index in [4.69, 9.17) is 5.73 Å². The van der Waals surface area contributed by atoms with Crippen LogP contribution >= 0.6 is 0 Å². The molecule has 0 aliphatic heterocycles. The van der Waals surface area contributed by atoms with Crippen LogP contribution in [0.4, 0.5) is 0 Å². The molecular formula is C14H28N2. The molecule has 0 aromatic rings. The van der Waals surface area contributed by atoms with Gasteiger partial charge in [0.15, 0.2) is 0 Å². The van der Waals surface area contributed by atoms with Crippen LogP contribution in [0.25, 0.3) is 0 Å². The maximum absolute atomic E-state index is 5.96. The molecule has 0 bridgehead atoms. The fourth-order valence-corrected chi connectivity index (χ4v) is 3.50. The summed E-state index contributed by atoms with van der Waals surface area (Å²) in [6, 6.07) is 2.04. The Balaban J connectivity index is 1.78. The summed E-state index contributed by atoms with van der Waals surface area (Å²) in [6.07, 6.45) is 12.1. The molecule has 16 heavy (non-hydrogen) atoms. The van der Waals surface area contributed by atoms with Crippen LogP contribution in [-0.2, 0) is 0 Å². The molecule has 2 heteroatoms. The first-order valence-corrected chi connectivity index (χ1v) is 7.31. The Kier molecular flexibility index (Phi) is 4.66. The molecule has 2 unspecified atom stereocenters. The third kappa shape index (κ3) is 3.21. The van der Waals surface area contributed by atoms with E-state index in [0.717, 1.165) is 18.0 Å². The summed E-state index contributed by atoms with van der Waals surface area (Å²) in [5, 5.41) is 3.92. The van der Waals surface area contributed by atoms with E-state index < -0.39 is 0 Å². The Morgan fingerprint density at radius 3 is 2.38 bits per heavy atom. The average Bonchev–Trinajstić information content (AvgIpc) is 2.33. The van der Waals surface area contributed by atoms with E-state index in [1.54, 1.807) is 0 Å². The number of nitrogens with one attached hydrogen (secondary N) is 1. The highest BCUT2D eigenvalue weighted by Crippen LogP contribution is 2.28. The van der Waals surface area contributed by atoms with Crippen molar-refractivity contribution in [3.05, 3.63) is 0 Å². The smallest absolute Gasteiger partial charge is 0.00978 e. The minimum Gasteiger partial charge on any atom is -0.328 e. The van der Waals surface area contributed by atoms with Crippen molar-refractivity contribution in [1.29, 1.82) is 0 Å². The first-order valence-electron chi connectivity index (χ1n) is 7.31. The van der Waals surface area contributed by atoms with E-state index in [9.17, 15) is 0 Å². The van der Waals surface area contributed by atoms with Crippen LogP contribution in [0.5, 0.6) is 0 Å². The van der Waals surface area contributed by atoms with Gasteiger partial charge < -0.3 is 11.1 Å². The van der Waals surface area contributed by atoms with E-state index in [0.29, 0.717) is 6.04 Å². The van der Waals surface area contributed by atoms with Crippen LogP contribution in [0.1, 0.15) is 64.7 Å². The molecule has 0 aromatic carbocycles. The van der Waals surface area contributed by atoms with Crippen LogP contribution in [0, 0.1) is 5.92 Å². The van der Waals surface area contributed by atoms with Crippen molar-refractivity contribution < 1.29 is 0 Å². The highest BCUT2D eigenvalue weighted by atomic mass is 15.0. The predicted molar refractivity (Wildman–Crippen MR) is 69.4 cm³/mol. The first kappa shape index (κ1) is 12.4. The van der Waals surface area contributed by atoms with Gasteiger partial charge in [-0.15, -0.1) is 0 Å². The Morgan fingerprint density at radius 2 is 1.69 bits per heavy atom. The third-order valence-electron chi connectivity index (χ3n) is 4.66. The first-order chi connectivity index (χ1) is 7.79. The van der Waals surface area contributed by atoms with Crippen LogP contribution in [-0.4, -0.2) is 18.1 Å². The molecule has 2 saturated carbocycles. The quantitative estimate of drug-likeness (QED) is 0.773. The molecule has 0 amide bonds. The van der Waals surface area contributed by atoms with Gasteiger partial charge in [0.2, 0.25) is 0 Å². The largest absolute Gasteiger partial charge is 0.328 e. The summed E-state index contributed by atoms with van der Waals surface area (Å²) >= 11 is 0. The van der Waals surface area contributed by atoms with Crippen molar-refractivity contribution in [2.24, 2.45) is 11.7 Å². The maximum atomic E-state index is 5.96. The molecule has 0 spiro atoms. The molecular weight excluding hydrogens is 196 g/mol. The van der Waals surface area contributed by atoms with E-state index in [-0.39, 0.29) is 0 Å². The molecule has 3 N–H and O–H groups in total. The van der Waals surface area contributed by atoms with E-state index in [2.05, 4.69) is 12.2 Å². The summed E-state index contributed by atoms with van der Waals surface area (Å²) in [6.45, 7) is 2.35. The second-order valence-corrected chi connectivity index (χ2v) is 5.84. The number of rotatable bonds is 3. The molecule has 0 heterocycles. The van der Waals surface area contributed by atoms with Crippen molar-refractivity contribution in [1.82, 2.24) is 5.32 Å². The SMILES string of the molecule is CCC1CCCCC1NC1CCC(N)CC1. The van der Waals surface area contributed by atoms with Crippen LogP contribution < -0.4 is 11.1 Å². The van der Waals surface area contributed by atoms with Gasteiger partial charge in [0.05, 0.1) is 0 Å². The highest BCUT2D eigenvalue weighted by Gasteiger charge is 2.27. The summed E-state index contributed by atoms with van der Waals surface area (Å²) < 4.78 is 0. The van der Waals surface area contributed by atoms with Gasteiger partial charge in [0.1, 0.15) is 0 Å². The molecule has 2 aliphatic rings. The maximum Gasteiger partial charge on any atom is 0.00978 e. The molecule has 0 radical (unpaired) electrons. The fourth-order valence-electron chi connectivity index (χ4n) is 3.50. The summed E-state index contributed by atoms with van der Waals surface area (Å²) in [5.74, 6) is 0.935. The van der Waals surface area contributed by atoms with Gasteiger partial charge in [-0.2, -0.15) is 0 Å². The molecule has 94 valence electrons. The van der Waals surface area contributed by atoms with E-state index >= 15 is 0 Å². The summed E-state index contributed by atoms with van der Waals surface area (Å²) in [7, 11) is 0. The Hall–Kier alpha value is -0.0800. The lowest BCUT2D eigenvalue weighted by molar-refractivity contribution is 0.213. The zero-order valence-corrected chi connectivity index (χ0v) is 10.8. The molecule has 2 fully saturated rings. The highest BCUT2D eigenvalue weighted by molar-refractivity contribution is 4.86. The summed E-state index contributed by atoms with van der Waals surface area (Å²) in [4.78, 5) is 0. The number of hydrogen-bond donors (Lipinski definition) is 2. The average molecular weight is 224 g/mol. The normalized spacial score (nSPS) is 40.9. The molecule has 2 atom stereocenters.